The molecule has 1 aliphatic rings. The van der Waals surface area contributed by atoms with Gasteiger partial charge in [-0.25, -0.2) is 4.99 Å². The fourth-order valence-electron chi connectivity index (χ4n) is 3.48. The van der Waals surface area contributed by atoms with Gasteiger partial charge in [-0.1, -0.05) is 12.1 Å². The van der Waals surface area contributed by atoms with Crippen LogP contribution in [0, 0.1) is 0 Å². The summed E-state index contributed by atoms with van der Waals surface area (Å²) in [4.78, 5) is 19.1. The first kappa shape index (κ1) is 26.5. The summed E-state index contributed by atoms with van der Waals surface area (Å²) in [5.74, 6) is 1.44. The Hall–Kier alpha value is -1.55. The molecule has 1 aromatic carbocycles. The highest BCUT2D eigenvalue weighted by molar-refractivity contribution is 14.0. The van der Waals surface area contributed by atoms with Crippen LogP contribution >= 0.6 is 24.0 Å². The van der Waals surface area contributed by atoms with Gasteiger partial charge in [-0.15, -0.1) is 24.0 Å². The second-order valence-electron chi connectivity index (χ2n) is 8.41. The SMILES string of the molecule is CCNC(=NCC(=O)NC(C)(C)C)NCC(c1ccc(OC)cc1)N1CCCC1.I. The van der Waals surface area contributed by atoms with E-state index >= 15 is 0 Å². The van der Waals surface area contributed by atoms with Crippen LogP contribution in [0.5, 0.6) is 5.75 Å². The first-order valence-electron chi connectivity index (χ1n) is 10.5. The molecule has 1 unspecified atom stereocenters. The third-order valence-electron chi connectivity index (χ3n) is 4.78. The van der Waals surface area contributed by atoms with Crippen molar-refractivity contribution in [2.24, 2.45) is 4.99 Å². The number of carbonyl (C=O) groups is 1. The summed E-state index contributed by atoms with van der Waals surface area (Å²) in [5, 5.41) is 9.61. The molecule has 0 saturated carbocycles. The highest BCUT2D eigenvalue weighted by Gasteiger charge is 2.24. The first-order chi connectivity index (χ1) is 13.8. The molecule has 1 aliphatic heterocycles. The fourth-order valence-corrected chi connectivity index (χ4v) is 3.48. The molecule has 3 N–H and O–H groups in total. The Morgan fingerprint density at radius 3 is 2.33 bits per heavy atom. The lowest BCUT2D eigenvalue weighted by atomic mass is 10.1. The van der Waals surface area contributed by atoms with Gasteiger partial charge >= 0.3 is 0 Å². The predicted molar refractivity (Wildman–Crippen MR) is 134 cm³/mol. The molecular formula is C22H38IN5O2. The number of carbonyl (C=O) groups excluding carboxylic acids is 1. The Morgan fingerprint density at radius 2 is 1.80 bits per heavy atom. The molecule has 7 nitrogen and oxygen atoms in total. The maximum atomic E-state index is 12.1. The Morgan fingerprint density at radius 1 is 1.17 bits per heavy atom. The van der Waals surface area contributed by atoms with Gasteiger partial charge in [0.15, 0.2) is 5.96 Å². The van der Waals surface area contributed by atoms with Crippen molar-refractivity contribution in [2.75, 3.05) is 39.8 Å². The number of nitrogens with one attached hydrogen (secondary N) is 3. The zero-order chi connectivity index (χ0) is 21.3. The fraction of sp³-hybridized carbons (Fsp3) is 0.636. The van der Waals surface area contributed by atoms with E-state index in [1.165, 1.54) is 18.4 Å². The van der Waals surface area contributed by atoms with Crippen molar-refractivity contribution in [1.29, 1.82) is 0 Å². The maximum absolute atomic E-state index is 12.1. The second-order valence-corrected chi connectivity index (χ2v) is 8.41. The minimum absolute atomic E-state index is 0. The van der Waals surface area contributed by atoms with Gasteiger partial charge in [-0.2, -0.15) is 0 Å². The average molecular weight is 531 g/mol. The molecule has 1 aromatic rings. The van der Waals surface area contributed by atoms with Crippen molar-refractivity contribution in [3.8, 4) is 5.75 Å². The monoisotopic (exact) mass is 531 g/mol. The molecular weight excluding hydrogens is 493 g/mol. The molecule has 1 fully saturated rings. The number of halogens is 1. The van der Waals surface area contributed by atoms with E-state index in [0.717, 1.165) is 31.9 Å². The number of aliphatic imine (C=N–C) groups is 1. The second kappa shape index (κ2) is 13.0. The van der Waals surface area contributed by atoms with Crippen LogP contribution in [0.1, 0.15) is 52.1 Å². The number of hydrogen-bond acceptors (Lipinski definition) is 4. The van der Waals surface area contributed by atoms with Gasteiger partial charge in [-0.05, 0) is 71.3 Å². The zero-order valence-corrected chi connectivity index (χ0v) is 21.3. The van der Waals surface area contributed by atoms with Crippen molar-refractivity contribution < 1.29 is 9.53 Å². The Bertz CT molecular complexity index is 667. The topological polar surface area (TPSA) is 78.0 Å². The van der Waals surface area contributed by atoms with E-state index in [0.29, 0.717) is 5.96 Å². The van der Waals surface area contributed by atoms with E-state index in [2.05, 4.69) is 38.0 Å². The van der Waals surface area contributed by atoms with Crippen LogP contribution in [-0.4, -0.2) is 62.1 Å². The van der Waals surface area contributed by atoms with Gasteiger partial charge in [0, 0.05) is 18.6 Å². The molecule has 0 spiro atoms. The van der Waals surface area contributed by atoms with Crippen LogP contribution in [0.3, 0.4) is 0 Å². The van der Waals surface area contributed by atoms with E-state index in [4.69, 9.17) is 4.74 Å². The van der Waals surface area contributed by atoms with E-state index in [1.807, 2.05) is 39.8 Å². The lowest BCUT2D eigenvalue weighted by molar-refractivity contribution is -0.121. The Balaban J connectivity index is 0.00000450. The normalized spacial score (nSPS) is 15.8. The van der Waals surface area contributed by atoms with Crippen molar-refractivity contribution >= 4 is 35.8 Å². The first-order valence-corrected chi connectivity index (χ1v) is 10.5. The average Bonchev–Trinajstić information content (AvgIpc) is 3.19. The third kappa shape index (κ3) is 9.07. The van der Waals surface area contributed by atoms with Crippen LogP contribution in [0.15, 0.2) is 29.3 Å². The van der Waals surface area contributed by atoms with Crippen molar-refractivity contribution in [3.05, 3.63) is 29.8 Å². The number of amides is 1. The number of benzene rings is 1. The summed E-state index contributed by atoms with van der Waals surface area (Å²) < 4.78 is 5.30. The minimum atomic E-state index is -0.256. The van der Waals surface area contributed by atoms with E-state index < -0.39 is 0 Å². The Labute approximate surface area is 198 Å². The highest BCUT2D eigenvalue weighted by Crippen LogP contribution is 2.26. The molecule has 1 atom stereocenters. The van der Waals surface area contributed by atoms with E-state index in [1.54, 1.807) is 7.11 Å². The number of nitrogens with zero attached hydrogens (tertiary/aromatic N) is 2. The quantitative estimate of drug-likeness (QED) is 0.273. The number of likely N-dealkylation sites (tertiary alicyclic amines) is 1. The van der Waals surface area contributed by atoms with Gasteiger partial charge < -0.3 is 20.7 Å². The third-order valence-corrected chi connectivity index (χ3v) is 4.78. The van der Waals surface area contributed by atoms with Gasteiger partial charge in [0.2, 0.25) is 5.91 Å². The van der Waals surface area contributed by atoms with Gasteiger partial charge in [0.05, 0.1) is 13.2 Å². The number of methoxy groups -OCH3 is 1. The molecule has 170 valence electrons. The predicted octanol–water partition coefficient (Wildman–Crippen LogP) is 2.92. The lowest BCUT2D eigenvalue weighted by Crippen LogP contribution is -2.44. The molecule has 0 bridgehead atoms. The number of rotatable bonds is 8. The molecule has 0 aliphatic carbocycles. The van der Waals surface area contributed by atoms with E-state index in [9.17, 15) is 4.79 Å². The van der Waals surface area contributed by atoms with Gasteiger partial charge in [0.1, 0.15) is 12.3 Å². The smallest absolute Gasteiger partial charge is 0.242 e. The summed E-state index contributed by atoms with van der Waals surface area (Å²) in [6, 6.07) is 8.52. The van der Waals surface area contributed by atoms with Crippen molar-refractivity contribution in [1.82, 2.24) is 20.9 Å². The summed E-state index contributed by atoms with van der Waals surface area (Å²) in [5.41, 5.74) is 0.995. The molecule has 0 radical (unpaired) electrons. The molecule has 30 heavy (non-hydrogen) atoms. The van der Waals surface area contributed by atoms with Crippen molar-refractivity contribution in [2.45, 2.75) is 52.1 Å². The van der Waals surface area contributed by atoms with Crippen LogP contribution in [0.4, 0.5) is 0 Å². The number of hydrogen-bond donors (Lipinski definition) is 3. The zero-order valence-electron chi connectivity index (χ0n) is 19.0. The summed E-state index contributed by atoms with van der Waals surface area (Å²) in [6.07, 6.45) is 2.46. The van der Waals surface area contributed by atoms with Crippen LogP contribution < -0.4 is 20.7 Å². The summed E-state index contributed by atoms with van der Waals surface area (Å²) in [6.45, 7) is 11.7. The maximum Gasteiger partial charge on any atom is 0.242 e. The van der Waals surface area contributed by atoms with Crippen molar-refractivity contribution in [3.63, 3.8) is 0 Å². The lowest BCUT2D eigenvalue weighted by Gasteiger charge is -2.29. The minimum Gasteiger partial charge on any atom is -0.497 e. The van der Waals surface area contributed by atoms with Crippen LogP contribution in [-0.2, 0) is 4.79 Å². The number of ether oxygens (including phenoxy) is 1. The molecule has 1 amide bonds. The largest absolute Gasteiger partial charge is 0.497 e. The molecule has 8 heteroatoms. The van der Waals surface area contributed by atoms with Gasteiger partial charge in [-0.3, -0.25) is 9.69 Å². The highest BCUT2D eigenvalue weighted by atomic mass is 127. The van der Waals surface area contributed by atoms with Crippen LogP contribution in [0.25, 0.3) is 0 Å². The Kier molecular flexibility index (Phi) is 11.5. The van der Waals surface area contributed by atoms with Gasteiger partial charge in [0.25, 0.3) is 0 Å². The molecule has 2 rings (SSSR count). The molecule has 1 heterocycles. The summed E-state index contributed by atoms with van der Waals surface area (Å²) in [7, 11) is 1.68. The molecule has 0 aromatic heterocycles. The summed E-state index contributed by atoms with van der Waals surface area (Å²) >= 11 is 0. The standard InChI is InChI=1S/C22H37N5O2.HI/c1-6-23-21(25-16-20(28)26-22(2,3)4)24-15-19(27-13-7-8-14-27)17-9-11-18(29-5)12-10-17;/h9-12,19H,6-8,13-16H2,1-5H3,(H,26,28)(H2,23,24,25);1H. The molecule has 1 saturated heterocycles. The van der Waals surface area contributed by atoms with E-state index in [-0.39, 0.29) is 48.0 Å². The van der Waals surface area contributed by atoms with Crippen LogP contribution in [0.2, 0.25) is 0 Å². The number of guanidine groups is 1.